The molecule has 0 aromatic heterocycles. The van der Waals surface area contributed by atoms with Crippen molar-refractivity contribution < 1.29 is 4.74 Å². The lowest BCUT2D eigenvalue weighted by molar-refractivity contribution is 0.281. The van der Waals surface area contributed by atoms with E-state index in [4.69, 9.17) is 10.5 Å². The van der Waals surface area contributed by atoms with Gasteiger partial charge in [-0.05, 0) is 19.1 Å². The van der Waals surface area contributed by atoms with Crippen molar-refractivity contribution in [1.29, 1.82) is 0 Å². The van der Waals surface area contributed by atoms with Gasteiger partial charge in [-0.25, -0.2) is 0 Å². The summed E-state index contributed by atoms with van der Waals surface area (Å²) in [5.41, 5.74) is 6.21. The van der Waals surface area contributed by atoms with Crippen molar-refractivity contribution in [2.24, 2.45) is 5.73 Å². The molecular formula is C8H15NO. The van der Waals surface area contributed by atoms with E-state index in [1.54, 1.807) is 7.11 Å². The Kier molecular flexibility index (Phi) is 4.46. The van der Waals surface area contributed by atoms with Gasteiger partial charge < -0.3 is 10.5 Å². The molecule has 0 aromatic carbocycles. The number of hydrogen-bond acceptors (Lipinski definition) is 2. The molecule has 58 valence electrons. The quantitative estimate of drug-likeness (QED) is 0.480. The maximum atomic E-state index is 5.41. The van der Waals surface area contributed by atoms with Gasteiger partial charge >= 0.3 is 0 Å². The first-order valence-corrected chi connectivity index (χ1v) is 3.37. The fourth-order valence-corrected chi connectivity index (χ4v) is 0.555. The largest absolute Gasteiger partial charge is 0.501 e. The maximum Gasteiger partial charge on any atom is 0.0953 e. The van der Waals surface area contributed by atoms with E-state index in [9.17, 15) is 0 Å². The van der Waals surface area contributed by atoms with E-state index in [0.29, 0.717) is 0 Å². The summed E-state index contributed by atoms with van der Waals surface area (Å²) in [6.45, 7) is 3.88. The molecule has 0 fully saturated rings. The summed E-state index contributed by atoms with van der Waals surface area (Å²) in [6.07, 6.45) is 4.62. The minimum absolute atomic E-state index is 0.794. The molecule has 0 saturated carbocycles. The number of rotatable bonds is 3. The minimum Gasteiger partial charge on any atom is -0.501 e. The molecule has 0 aliphatic rings. The first-order chi connectivity index (χ1) is 4.70. The van der Waals surface area contributed by atoms with Gasteiger partial charge in [0.25, 0.3) is 0 Å². The summed E-state index contributed by atoms with van der Waals surface area (Å²) in [5, 5.41) is 0. The van der Waals surface area contributed by atoms with Crippen LogP contribution in [0.2, 0.25) is 0 Å². The zero-order chi connectivity index (χ0) is 7.98. The highest BCUT2D eigenvalue weighted by Gasteiger charge is 1.86. The highest BCUT2D eigenvalue weighted by molar-refractivity contribution is 5.10. The number of hydrogen-bond donors (Lipinski definition) is 1. The molecule has 0 aromatic rings. The summed E-state index contributed by atoms with van der Waals surface area (Å²) in [4.78, 5) is 0. The Morgan fingerprint density at radius 1 is 1.50 bits per heavy atom. The van der Waals surface area contributed by atoms with Gasteiger partial charge in [-0.1, -0.05) is 6.92 Å². The van der Waals surface area contributed by atoms with E-state index in [2.05, 4.69) is 0 Å². The lowest BCUT2D eigenvalue weighted by Gasteiger charge is -1.99. The number of nitrogens with two attached hydrogens (primary N) is 1. The van der Waals surface area contributed by atoms with Crippen LogP contribution in [0, 0.1) is 0 Å². The van der Waals surface area contributed by atoms with Crippen LogP contribution >= 0.6 is 0 Å². The van der Waals surface area contributed by atoms with Crippen molar-refractivity contribution in [1.82, 2.24) is 0 Å². The Labute approximate surface area is 62.4 Å². The van der Waals surface area contributed by atoms with E-state index >= 15 is 0 Å². The second kappa shape index (κ2) is 4.91. The normalized spacial score (nSPS) is 13.5. The summed E-state index contributed by atoms with van der Waals surface area (Å²) in [7, 11) is 1.66. The van der Waals surface area contributed by atoms with E-state index in [0.717, 1.165) is 17.9 Å². The molecule has 0 heterocycles. The number of ether oxygens (including phenoxy) is 1. The highest BCUT2D eigenvalue weighted by Crippen LogP contribution is 2.00. The average Bonchev–Trinajstić information content (AvgIpc) is 1.90. The maximum absolute atomic E-state index is 5.41. The fourth-order valence-electron chi connectivity index (χ4n) is 0.555. The van der Waals surface area contributed by atoms with Gasteiger partial charge in [-0.3, -0.25) is 0 Å². The third kappa shape index (κ3) is 4.01. The Balaban J connectivity index is 3.99. The van der Waals surface area contributed by atoms with Crippen LogP contribution < -0.4 is 5.73 Å². The fraction of sp³-hybridized carbons (Fsp3) is 0.500. The average molecular weight is 141 g/mol. The summed E-state index contributed by atoms with van der Waals surface area (Å²) in [6, 6.07) is 0. The molecule has 0 atom stereocenters. The molecule has 0 rings (SSSR count). The predicted octanol–water partition coefficient (Wildman–Crippen LogP) is 1.79. The van der Waals surface area contributed by atoms with Gasteiger partial charge in [0, 0.05) is 12.1 Å². The van der Waals surface area contributed by atoms with Gasteiger partial charge in [-0.15, -0.1) is 0 Å². The SMILES string of the molecule is CC/C(=C\C=C(/C)N)OC. The number of methoxy groups -OCH3 is 1. The Hall–Kier alpha value is -0.920. The van der Waals surface area contributed by atoms with Gasteiger partial charge in [0.2, 0.25) is 0 Å². The topological polar surface area (TPSA) is 35.2 Å². The summed E-state index contributed by atoms with van der Waals surface area (Å²) < 4.78 is 5.01. The molecule has 2 heteroatoms. The van der Waals surface area contributed by atoms with Gasteiger partial charge in [-0.2, -0.15) is 0 Å². The zero-order valence-electron chi connectivity index (χ0n) is 6.85. The molecule has 2 nitrogen and oxygen atoms in total. The molecular weight excluding hydrogens is 126 g/mol. The van der Waals surface area contributed by atoms with E-state index in [-0.39, 0.29) is 0 Å². The van der Waals surface area contributed by atoms with Crippen molar-refractivity contribution in [2.45, 2.75) is 20.3 Å². The van der Waals surface area contributed by atoms with Crippen molar-refractivity contribution in [2.75, 3.05) is 7.11 Å². The van der Waals surface area contributed by atoms with Crippen LogP contribution in [0.25, 0.3) is 0 Å². The molecule has 0 aliphatic heterocycles. The Morgan fingerprint density at radius 2 is 2.10 bits per heavy atom. The molecule has 0 saturated heterocycles. The molecule has 0 aliphatic carbocycles. The van der Waals surface area contributed by atoms with Crippen molar-refractivity contribution in [3.8, 4) is 0 Å². The standard InChI is InChI=1S/C8H15NO/c1-4-8(10-3)6-5-7(2)9/h5-6H,4,9H2,1-3H3/b7-5+,8-6+. The predicted molar refractivity (Wildman–Crippen MR) is 43.3 cm³/mol. The van der Waals surface area contributed by atoms with Crippen LogP contribution in [0.15, 0.2) is 23.6 Å². The van der Waals surface area contributed by atoms with Crippen LogP contribution in [0.4, 0.5) is 0 Å². The lowest BCUT2D eigenvalue weighted by atomic mass is 10.3. The Morgan fingerprint density at radius 3 is 2.40 bits per heavy atom. The van der Waals surface area contributed by atoms with Crippen LogP contribution in [-0.4, -0.2) is 7.11 Å². The first-order valence-electron chi connectivity index (χ1n) is 3.37. The van der Waals surface area contributed by atoms with Gasteiger partial charge in [0.05, 0.1) is 12.9 Å². The smallest absolute Gasteiger partial charge is 0.0953 e. The molecule has 0 unspecified atom stereocenters. The third-order valence-electron chi connectivity index (χ3n) is 1.14. The van der Waals surface area contributed by atoms with Crippen LogP contribution in [0.5, 0.6) is 0 Å². The van der Waals surface area contributed by atoms with E-state index in [1.807, 2.05) is 26.0 Å². The molecule has 10 heavy (non-hydrogen) atoms. The number of allylic oxidation sites excluding steroid dienone is 4. The molecule has 2 N–H and O–H groups in total. The van der Waals surface area contributed by atoms with E-state index in [1.165, 1.54) is 0 Å². The molecule has 0 spiro atoms. The van der Waals surface area contributed by atoms with Gasteiger partial charge in [0.1, 0.15) is 0 Å². The van der Waals surface area contributed by atoms with Crippen LogP contribution in [-0.2, 0) is 4.74 Å². The monoisotopic (exact) mass is 141 g/mol. The lowest BCUT2D eigenvalue weighted by Crippen LogP contribution is -1.89. The third-order valence-corrected chi connectivity index (χ3v) is 1.14. The first kappa shape index (κ1) is 9.08. The molecule has 0 bridgehead atoms. The van der Waals surface area contributed by atoms with Crippen LogP contribution in [0.1, 0.15) is 20.3 Å². The summed E-state index contributed by atoms with van der Waals surface area (Å²) >= 11 is 0. The molecule has 0 amide bonds. The summed E-state index contributed by atoms with van der Waals surface area (Å²) in [5.74, 6) is 0.949. The van der Waals surface area contributed by atoms with Crippen molar-refractivity contribution in [3.63, 3.8) is 0 Å². The molecule has 0 radical (unpaired) electrons. The second-order valence-corrected chi connectivity index (χ2v) is 2.10. The van der Waals surface area contributed by atoms with Crippen LogP contribution in [0.3, 0.4) is 0 Å². The van der Waals surface area contributed by atoms with Crippen molar-refractivity contribution in [3.05, 3.63) is 23.6 Å². The van der Waals surface area contributed by atoms with E-state index < -0.39 is 0 Å². The second-order valence-electron chi connectivity index (χ2n) is 2.10. The minimum atomic E-state index is 0.794. The van der Waals surface area contributed by atoms with Gasteiger partial charge in [0.15, 0.2) is 0 Å². The zero-order valence-corrected chi connectivity index (χ0v) is 6.85. The Bertz CT molecular complexity index is 137. The van der Waals surface area contributed by atoms with Crippen molar-refractivity contribution >= 4 is 0 Å². The highest BCUT2D eigenvalue weighted by atomic mass is 16.5.